The average Bonchev–Trinajstić information content (AvgIpc) is 2.53. The minimum absolute atomic E-state index is 0.160. The van der Waals surface area contributed by atoms with Crippen molar-refractivity contribution in [3.8, 4) is 11.1 Å². The number of hydrogen-bond donors (Lipinski definition) is 0. The fourth-order valence-electron chi connectivity index (χ4n) is 2.35. The van der Waals surface area contributed by atoms with Crippen LogP contribution in [0.1, 0.15) is 25.0 Å². The third-order valence-corrected chi connectivity index (χ3v) is 3.91. The molecule has 0 saturated heterocycles. The summed E-state index contributed by atoms with van der Waals surface area (Å²) < 4.78 is 56.8. The van der Waals surface area contributed by atoms with Gasteiger partial charge >= 0.3 is 12.1 Å². The highest BCUT2D eigenvalue weighted by Gasteiger charge is 2.32. The molecule has 0 unspecified atom stereocenters. The van der Waals surface area contributed by atoms with Gasteiger partial charge in [-0.15, -0.1) is 0 Å². The number of benzene rings is 2. The minimum atomic E-state index is -4.44. The number of esters is 1. The number of ether oxygens (including phenoxy) is 1. The van der Waals surface area contributed by atoms with E-state index in [9.17, 15) is 22.4 Å². The van der Waals surface area contributed by atoms with Gasteiger partial charge in [0.15, 0.2) is 0 Å². The normalized spacial score (nSPS) is 12.1. The lowest BCUT2D eigenvalue weighted by atomic mass is 9.84. The molecule has 0 aliphatic rings. The number of carbonyl (C=O) groups is 1. The molecule has 0 aromatic heterocycles. The molecule has 2 rings (SSSR count). The molecule has 0 radical (unpaired) electrons. The quantitative estimate of drug-likeness (QED) is 0.583. The molecule has 128 valence electrons. The Morgan fingerprint density at radius 2 is 1.50 bits per heavy atom. The van der Waals surface area contributed by atoms with Gasteiger partial charge in [0, 0.05) is 5.56 Å². The Morgan fingerprint density at radius 1 is 0.958 bits per heavy atom. The molecule has 2 aromatic rings. The summed E-state index contributed by atoms with van der Waals surface area (Å²) in [5, 5.41) is 0. The van der Waals surface area contributed by atoms with Gasteiger partial charge in [0.2, 0.25) is 0 Å². The van der Waals surface area contributed by atoms with E-state index in [0.29, 0.717) is 11.1 Å². The van der Waals surface area contributed by atoms with E-state index in [2.05, 4.69) is 0 Å². The van der Waals surface area contributed by atoms with Crippen LogP contribution in [0.15, 0.2) is 42.5 Å². The molecule has 6 heteroatoms. The van der Waals surface area contributed by atoms with Crippen LogP contribution in [-0.4, -0.2) is 13.1 Å². The van der Waals surface area contributed by atoms with Gasteiger partial charge in [-0.3, -0.25) is 4.79 Å². The fraction of sp³-hybridized carbons (Fsp3) is 0.278. The third-order valence-electron chi connectivity index (χ3n) is 3.91. The largest absolute Gasteiger partial charge is 0.468 e. The molecular formula is C18H16F4O2. The first kappa shape index (κ1) is 18.0. The summed E-state index contributed by atoms with van der Waals surface area (Å²) in [6, 6.07) is 8.44. The van der Waals surface area contributed by atoms with Crippen LogP contribution in [0.4, 0.5) is 17.6 Å². The lowest BCUT2D eigenvalue weighted by Gasteiger charge is -2.22. The summed E-state index contributed by atoms with van der Waals surface area (Å²) >= 11 is 0. The van der Waals surface area contributed by atoms with Crippen molar-refractivity contribution in [3.63, 3.8) is 0 Å². The van der Waals surface area contributed by atoms with Gasteiger partial charge in [-0.2, -0.15) is 13.2 Å². The molecule has 0 bridgehead atoms. The Morgan fingerprint density at radius 3 is 1.96 bits per heavy atom. The van der Waals surface area contributed by atoms with Crippen LogP contribution in [0.2, 0.25) is 0 Å². The molecule has 0 saturated carbocycles. The summed E-state index contributed by atoms with van der Waals surface area (Å²) in [7, 11) is 1.25. The SMILES string of the molecule is COC(=O)C(C)(C)c1ccc(-c2ccc(C(F)(F)F)cc2)c(F)c1. The second-order valence-corrected chi connectivity index (χ2v) is 5.89. The molecule has 0 atom stereocenters. The zero-order valence-corrected chi connectivity index (χ0v) is 13.4. The minimum Gasteiger partial charge on any atom is -0.468 e. The fourth-order valence-corrected chi connectivity index (χ4v) is 2.35. The summed E-state index contributed by atoms with van der Waals surface area (Å²) in [5.74, 6) is -1.13. The van der Waals surface area contributed by atoms with Crippen molar-refractivity contribution >= 4 is 5.97 Å². The molecule has 0 amide bonds. The second kappa shape index (κ2) is 6.26. The number of methoxy groups -OCH3 is 1. The summed E-state index contributed by atoms with van der Waals surface area (Å²) in [6.45, 7) is 3.21. The van der Waals surface area contributed by atoms with Crippen molar-refractivity contribution in [1.82, 2.24) is 0 Å². The Balaban J connectivity index is 2.39. The van der Waals surface area contributed by atoms with E-state index in [1.165, 1.54) is 31.4 Å². The number of hydrogen-bond acceptors (Lipinski definition) is 2. The van der Waals surface area contributed by atoms with Crippen molar-refractivity contribution < 1.29 is 27.1 Å². The van der Waals surface area contributed by atoms with E-state index in [4.69, 9.17) is 4.74 Å². The van der Waals surface area contributed by atoms with Crippen molar-refractivity contribution in [3.05, 3.63) is 59.4 Å². The van der Waals surface area contributed by atoms with E-state index in [1.54, 1.807) is 19.9 Å². The van der Waals surface area contributed by atoms with E-state index in [1.807, 2.05) is 0 Å². The summed E-state index contributed by atoms with van der Waals surface area (Å²) in [5.41, 5.74) is -0.928. The Labute approximate surface area is 137 Å². The molecular weight excluding hydrogens is 324 g/mol. The predicted octanol–water partition coefficient (Wildman–Crippen LogP) is 4.96. The standard InChI is InChI=1S/C18H16F4O2/c1-17(2,16(23)24-3)13-8-9-14(15(19)10-13)11-4-6-12(7-5-11)18(20,21)22/h4-10H,1-3H3. The van der Waals surface area contributed by atoms with Crippen molar-refractivity contribution in [2.75, 3.05) is 7.11 Å². The van der Waals surface area contributed by atoms with Gasteiger partial charge in [-0.1, -0.05) is 24.3 Å². The maximum atomic E-state index is 14.4. The molecule has 24 heavy (non-hydrogen) atoms. The second-order valence-electron chi connectivity index (χ2n) is 5.89. The zero-order chi connectivity index (χ0) is 18.1. The van der Waals surface area contributed by atoms with Crippen LogP contribution >= 0.6 is 0 Å². The lowest BCUT2D eigenvalue weighted by molar-refractivity contribution is -0.146. The highest BCUT2D eigenvalue weighted by atomic mass is 19.4. The van der Waals surface area contributed by atoms with E-state index < -0.39 is 28.9 Å². The summed E-state index contributed by atoms with van der Waals surface area (Å²) in [6.07, 6.45) is -4.44. The van der Waals surface area contributed by atoms with Gasteiger partial charge in [-0.25, -0.2) is 4.39 Å². The van der Waals surface area contributed by atoms with Crippen molar-refractivity contribution in [2.24, 2.45) is 0 Å². The van der Waals surface area contributed by atoms with E-state index in [0.717, 1.165) is 12.1 Å². The Hall–Kier alpha value is -2.37. The van der Waals surface area contributed by atoms with Crippen LogP contribution in [0.5, 0.6) is 0 Å². The van der Waals surface area contributed by atoms with Crippen molar-refractivity contribution in [1.29, 1.82) is 0 Å². The highest BCUT2D eigenvalue weighted by Crippen LogP contribution is 2.33. The van der Waals surface area contributed by atoms with E-state index >= 15 is 0 Å². The topological polar surface area (TPSA) is 26.3 Å². The first-order valence-electron chi connectivity index (χ1n) is 7.13. The number of alkyl halides is 3. The van der Waals surface area contributed by atoms with Crippen LogP contribution < -0.4 is 0 Å². The van der Waals surface area contributed by atoms with E-state index in [-0.39, 0.29) is 5.56 Å². The monoisotopic (exact) mass is 340 g/mol. The molecule has 0 aliphatic heterocycles. The van der Waals surface area contributed by atoms with Crippen LogP contribution in [-0.2, 0) is 21.1 Å². The molecule has 0 aliphatic carbocycles. The predicted molar refractivity (Wildman–Crippen MR) is 81.9 cm³/mol. The lowest BCUT2D eigenvalue weighted by Crippen LogP contribution is -2.30. The molecule has 2 aromatic carbocycles. The summed E-state index contributed by atoms with van der Waals surface area (Å²) in [4.78, 5) is 11.8. The molecule has 0 N–H and O–H groups in total. The molecule has 0 fully saturated rings. The maximum absolute atomic E-state index is 14.4. The number of carbonyl (C=O) groups excluding carboxylic acids is 1. The zero-order valence-electron chi connectivity index (χ0n) is 13.4. The number of halogens is 4. The average molecular weight is 340 g/mol. The number of rotatable bonds is 3. The first-order valence-corrected chi connectivity index (χ1v) is 7.13. The van der Waals surface area contributed by atoms with Crippen molar-refractivity contribution in [2.45, 2.75) is 25.4 Å². The van der Waals surface area contributed by atoms with Gasteiger partial charge in [0.1, 0.15) is 5.82 Å². The van der Waals surface area contributed by atoms with Gasteiger partial charge in [0.05, 0.1) is 18.1 Å². The maximum Gasteiger partial charge on any atom is 0.416 e. The smallest absolute Gasteiger partial charge is 0.416 e. The molecule has 0 spiro atoms. The third kappa shape index (κ3) is 3.42. The van der Waals surface area contributed by atoms with Crippen LogP contribution in [0.3, 0.4) is 0 Å². The van der Waals surface area contributed by atoms with Gasteiger partial charge < -0.3 is 4.74 Å². The van der Waals surface area contributed by atoms with Crippen LogP contribution in [0.25, 0.3) is 11.1 Å². The Kier molecular flexibility index (Phi) is 4.69. The highest BCUT2D eigenvalue weighted by molar-refractivity contribution is 5.82. The van der Waals surface area contributed by atoms with Gasteiger partial charge in [0.25, 0.3) is 0 Å². The Bertz CT molecular complexity index is 747. The first-order chi connectivity index (χ1) is 11.1. The van der Waals surface area contributed by atoms with Crippen LogP contribution in [0, 0.1) is 5.82 Å². The van der Waals surface area contributed by atoms with Gasteiger partial charge in [-0.05, 0) is 43.2 Å². The molecule has 0 heterocycles. The molecule has 2 nitrogen and oxygen atoms in total.